The maximum Gasteiger partial charge on any atom is 0.508 e. The minimum absolute atomic E-state index is 0.0492. The zero-order chi connectivity index (χ0) is 15.2. The van der Waals surface area contributed by atoms with Crippen LogP contribution in [0, 0.1) is 0 Å². The molecule has 0 radical (unpaired) electrons. The molecule has 110 valence electrons. The molecule has 0 aliphatic carbocycles. The molecule has 0 unspecified atom stereocenters. The summed E-state index contributed by atoms with van der Waals surface area (Å²) in [5, 5.41) is 10.7. The Morgan fingerprint density at radius 2 is 1.76 bits per heavy atom. The highest BCUT2D eigenvalue weighted by Gasteiger charge is 2.18. The quantitative estimate of drug-likeness (QED) is 0.637. The molecule has 0 aromatic heterocycles. The van der Waals surface area contributed by atoms with E-state index in [1.54, 1.807) is 0 Å². The molecule has 2 rings (SSSR count). The highest BCUT2D eigenvalue weighted by atomic mass is 35.5. The van der Waals surface area contributed by atoms with Gasteiger partial charge in [-0.2, -0.15) is 0 Å². The molecule has 0 saturated carbocycles. The topological polar surface area (TPSA) is 41.5 Å². The fourth-order valence-corrected chi connectivity index (χ4v) is 2.10. The molecule has 0 heterocycles. The van der Waals surface area contributed by atoms with Crippen LogP contribution in [0.2, 0.25) is 5.02 Å². The Kier molecular flexibility index (Phi) is 5.82. The SMILES string of the molecule is CCc1ccc(B(O)ON[C@@H](C)c2ccc(Cl)cc2)cc1. The molecule has 0 spiro atoms. The van der Waals surface area contributed by atoms with Crippen LogP contribution in [0.5, 0.6) is 0 Å². The second-order valence-corrected chi connectivity index (χ2v) is 5.39. The minimum atomic E-state index is -0.995. The lowest BCUT2D eigenvalue weighted by Gasteiger charge is -2.16. The Morgan fingerprint density at radius 1 is 1.14 bits per heavy atom. The minimum Gasteiger partial charge on any atom is -0.422 e. The zero-order valence-electron chi connectivity index (χ0n) is 12.2. The molecule has 2 aromatic rings. The summed E-state index contributed by atoms with van der Waals surface area (Å²) < 4.78 is 5.32. The maximum atomic E-state index is 10.0. The van der Waals surface area contributed by atoms with E-state index in [1.807, 2.05) is 55.5 Å². The second kappa shape index (κ2) is 7.62. The molecular formula is C16H19BClNO2. The molecule has 0 aliphatic heterocycles. The second-order valence-electron chi connectivity index (χ2n) is 4.96. The van der Waals surface area contributed by atoms with Gasteiger partial charge in [0.05, 0.1) is 6.04 Å². The van der Waals surface area contributed by atoms with Crippen molar-refractivity contribution in [3.05, 3.63) is 64.7 Å². The van der Waals surface area contributed by atoms with Crippen molar-refractivity contribution < 1.29 is 9.78 Å². The molecule has 1 atom stereocenters. The van der Waals surface area contributed by atoms with E-state index in [1.165, 1.54) is 5.56 Å². The van der Waals surface area contributed by atoms with Gasteiger partial charge in [-0.15, -0.1) is 0 Å². The summed E-state index contributed by atoms with van der Waals surface area (Å²) in [4.78, 5) is 0. The predicted octanol–water partition coefficient (Wildman–Crippen LogP) is 2.87. The van der Waals surface area contributed by atoms with E-state index < -0.39 is 7.12 Å². The van der Waals surface area contributed by atoms with Gasteiger partial charge in [-0.25, -0.2) is 5.48 Å². The van der Waals surface area contributed by atoms with Crippen LogP contribution >= 0.6 is 11.6 Å². The predicted molar refractivity (Wildman–Crippen MR) is 87.5 cm³/mol. The highest BCUT2D eigenvalue weighted by Crippen LogP contribution is 2.15. The van der Waals surface area contributed by atoms with Crippen molar-refractivity contribution in [2.75, 3.05) is 0 Å². The van der Waals surface area contributed by atoms with Crippen LogP contribution in [0.4, 0.5) is 0 Å². The average Bonchev–Trinajstić information content (AvgIpc) is 2.53. The van der Waals surface area contributed by atoms with Gasteiger partial charge in [-0.3, -0.25) is 0 Å². The first-order valence-electron chi connectivity index (χ1n) is 7.03. The third kappa shape index (κ3) is 4.58. The highest BCUT2D eigenvalue weighted by molar-refractivity contribution is 6.59. The van der Waals surface area contributed by atoms with Crippen LogP contribution < -0.4 is 10.9 Å². The first-order valence-corrected chi connectivity index (χ1v) is 7.41. The third-order valence-corrected chi connectivity index (χ3v) is 3.65. The molecule has 0 bridgehead atoms. The monoisotopic (exact) mass is 303 g/mol. The number of rotatable bonds is 6. The van der Waals surface area contributed by atoms with Crippen molar-refractivity contribution in [3.63, 3.8) is 0 Å². The number of aryl methyl sites for hydroxylation is 1. The Labute approximate surface area is 131 Å². The normalized spacial score (nSPS) is 12.2. The average molecular weight is 304 g/mol. The molecule has 0 aliphatic rings. The van der Waals surface area contributed by atoms with E-state index in [4.69, 9.17) is 16.4 Å². The van der Waals surface area contributed by atoms with E-state index in [0.717, 1.165) is 17.4 Å². The van der Waals surface area contributed by atoms with Gasteiger partial charge < -0.3 is 9.78 Å². The van der Waals surface area contributed by atoms with Crippen molar-refractivity contribution in [1.29, 1.82) is 0 Å². The van der Waals surface area contributed by atoms with Crippen molar-refractivity contribution in [2.45, 2.75) is 26.3 Å². The van der Waals surface area contributed by atoms with Gasteiger partial charge in [-0.1, -0.05) is 54.9 Å². The summed E-state index contributed by atoms with van der Waals surface area (Å²) in [6.45, 7) is 4.05. The summed E-state index contributed by atoms with van der Waals surface area (Å²) in [5.74, 6) is 0. The van der Waals surface area contributed by atoms with Crippen molar-refractivity contribution in [3.8, 4) is 0 Å². The smallest absolute Gasteiger partial charge is 0.422 e. The Morgan fingerprint density at radius 3 is 2.33 bits per heavy atom. The molecule has 3 nitrogen and oxygen atoms in total. The van der Waals surface area contributed by atoms with Crippen LogP contribution in [-0.4, -0.2) is 12.1 Å². The van der Waals surface area contributed by atoms with E-state index in [2.05, 4.69) is 12.4 Å². The van der Waals surface area contributed by atoms with E-state index in [-0.39, 0.29) is 6.04 Å². The summed E-state index contributed by atoms with van der Waals surface area (Å²) in [6.07, 6.45) is 0.975. The molecular weight excluding hydrogens is 284 g/mol. The number of hydrogen-bond donors (Lipinski definition) is 2. The van der Waals surface area contributed by atoms with Crippen molar-refractivity contribution in [2.24, 2.45) is 0 Å². The van der Waals surface area contributed by atoms with Gasteiger partial charge in [0, 0.05) is 5.02 Å². The standard InChI is InChI=1S/C16H19BClNO2/c1-3-13-4-8-15(9-5-13)17(20)21-19-12(2)14-6-10-16(18)11-7-14/h4-12,19-20H,3H2,1-2H3/t12-/m0/s1. The van der Waals surface area contributed by atoms with Crippen LogP contribution in [-0.2, 0) is 11.2 Å². The van der Waals surface area contributed by atoms with Gasteiger partial charge in [0.25, 0.3) is 0 Å². The lowest BCUT2D eigenvalue weighted by Crippen LogP contribution is -2.39. The maximum absolute atomic E-state index is 10.0. The molecule has 5 heteroatoms. The summed E-state index contributed by atoms with van der Waals surface area (Å²) >= 11 is 5.86. The summed E-state index contributed by atoms with van der Waals surface area (Å²) in [7, 11) is -0.995. The van der Waals surface area contributed by atoms with Crippen LogP contribution in [0.1, 0.15) is 31.0 Å². The third-order valence-electron chi connectivity index (χ3n) is 3.40. The van der Waals surface area contributed by atoms with E-state index >= 15 is 0 Å². The molecule has 2 aromatic carbocycles. The first-order chi connectivity index (χ1) is 10.1. The summed E-state index contributed by atoms with van der Waals surface area (Å²) in [6, 6.07) is 15.2. The van der Waals surface area contributed by atoms with E-state index in [0.29, 0.717) is 5.02 Å². The van der Waals surface area contributed by atoms with Gasteiger partial charge in [0.1, 0.15) is 0 Å². The van der Waals surface area contributed by atoms with Gasteiger partial charge in [0.2, 0.25) is 0 Å². The molecule has 21 heavy (non-hydrogen) atoms. The Balaban J connectivity index is 1.90. The first kappa shape index (κ1) is 16.1. The number of benzene rings is 2. The largest absolute Gasteiger partial charge is 0.508 e. The number of hydroxylamine groups is 1. The van der Waals surface area contributed by atoms with Crippen LogP contribution in [0.3, 0.4) is 0 Å². The fraction of sp³-hybridized carbons (Fsp3) is 0.250. The van der Waals surface area contributed by atoms with Gasteiger partial charge >= 0.3 is 7.12 Å². The number of hydrogen-bond acceptors (Lipinski definition) is 3. The van der Waals surface area contributed by atoms with Crippen LogP contribution in [0.25, 0.3) is 0 Å². The fourth-order valence-electron chi connectivity index (χ4n) is 1.97. The molecule has 0 saturated heterocycles. The lowest BCUT2D eigenvalue weighted by atomic mass is 9.79. The Bertz CT molecular complexity index is 559. The molecule has 0 amide bonds. The van der Waals surface area contributed by atoms with Crippen LogP contribution in [0.15, 0.2) is 48.5 Å². The Hall–Kier alpha value is -1.33. The zero-order valence-corrected chi connectivity index (χ0v) is 13.0. The molecule has 0 fully saturated rings. The molecule has 2 N–H and O–H groups in total. The van der Waals surface area contributed by atoms with Gasteiger partial charge in [0.15, 0.2) is 0 Å². The number of halogens is 1. The van der Waals surface area contributed by atoms with Crippen molar-refractivity contribution >= 4 is 24.2 Å². The van der Waals surface area contributed by atoms with E-state index in [9.17, 15) is 5.02 Å². The summed E-state index contributed by atoms with van der Waals surface area (Å²) in [5.41, 5.74) is 5.84. The lowest BCUT2D eigenvalue weighted by molar-refractivity contribution is 0.136. The van der Waals surface area contributed by atoms with Crippen molar-refractivity contribution in [1.82, 2.24) is 5.48 Å². The number of nitrogens with one attached hydrogen (secondary N) is 1. The van der Waals surface area contributed by atoms with Gasteiger partial charge in [-0.05, 0) is 42.1 Å².